The highest BCUT2D eigenvalue weighted by atomic mass is 79.9. The first-order valence-corrected chi connectivity index (χ1v) is 5.80. The van der Waals surface area contributed by atoms with Crippen LogP contribution in [0.4, 0.5) is 18.9 Å². The summed E-state index contributed by atoms with van der Waals surface area (Å²) >= 11 is 3.15. The Labute approximate surface area is 107 Å². The normalized spacial score (nSPS) is 12.6. The Morgan fingerprint density at radius 3 is 2.35 bits per heavy atom. The second-order valence-corrected chi connectivity index (χ2v) is 5.32. The Morgan fingerprint density at radius 1 is 1.29 bits per heavy atom. The molecule has 1 rings (SSSR count). The van der Waals surface area contributed by atoms with E-state index < -0.39 is 17.3 Å². The van der Waals surface area contributed by atoms with Gasteiger partial charge in [0.1, 0.15) is 0 Å². The third-order valence-corrected chi connectivity index (χ3v) is 2.76. The van der Waals surface area contributed by atoms with Crippen LogP contribution >= 0.6 is 15.9 Å². The summed E-state index contributed by atoms with van der Waals surface area (Å²) in [5.41, 5.74) is 4.24. The Bertz CT molecular complexity index is 402. The molecule has 0 radical (unpaired) electrons. The second-order valence-electron chi connectivity index (χ2n) is 4.40. The first-order chi connectivity index (χ1) is 7.65. The van der Waals surface area contributed by atoms with Crippen LogP contribution in [0.25, 0.3) is 0 Å². The van der Waals surface area contributed by atoms with E-state index in [1.807, 2.05) is 0 Å². The molecule has 0 aliphatic rings. The summed E-state index contributed by atoms with van der Waals surface area (Å²) in [6.45, 7) is 3.72. The van der Waals surface area contributed by atoms with Crippen LogP contribution in [0.15, 0.2) is 22.7 Å². The maximum Gasteiger partial charge on any atom is 0.418 e. The van der Waals surface area contributed by atoms with Crippen molar-refractivity contribution in [3.8, 4) is 0 Å². The third-order valence-electron chi connectivity index (χ3n) is 2.27. The van der Waals surface area contributed by atoms with Crippen LogP contribution in [0, 0.1) is 0 Å². The number of nitrogens with one attached hydrogen (secondary N) is 1. The summed E-state index contributed by atoms with van der Waals surface area (Å²) in [7, 11) is 0. The molecule has 0 aliphatic heterocycles. The fourth-order valence-electron chi connectivity index (χ4n) is 1.28. The van der Waals surface area contributed by atoms with Crippen LogP contribution in [-0.2, 0) is 6.18 Å². The van der Waals surface area contributed by atoms with Gasteiger partial charge in [-0.25, -0.2) is 0 Å². The number of benzene rings is 1. The van der Waals surface area contributed by atoms with Gasteiger partial charge >= 0.3 is 6.18 Å². The second kappa shape index (κ2) is 4.86. The van der Waals surface area contributed by atoms with Crippen molar-refractivity contribution in [2.75, 3.05) is 11.9 Å². The van der Waals surface area contributed by atoms with Gasteiger partial charge in [0.05, 0.1) is 5.56 Å². The van der Waals surface area contributed by atoms with E-state index in [4.69, 9.17) is 5.73 Å². The van der Waals surface area contributed by atoms with Crippen LogP contribution in [0.3, 0.4) is 0 Å². The topological polar surface area (TPSA) is 38.0 Å². The van der Waals surface area contributed by atoms with Crippen LogP contribution in [0.5, 0.6) is 0 Å². The van der Waals surface area contributed by atoms with Crippen molar-refractivity contribution in [3.05, 3.63) is 28.2 Å². The predicted molar refractivity (Wildman–Crippen MR) is 65.9 cm³/mol. The predicted octanol–water partition coefficient (Wildman–Crippen LogP) is 3.62. The molecule has 6 heteroatoms. The molecule has 0 amide bonds. The average Bonchev–Trinajstić information content (AvgIpc) is 2.15. The zero-order valence-corrected chi connectivity index (χ0v) is 11.1. The number of alkyl halides is 3. The lowest BCUT2D eigenvalue weighted by molar-refractivity contribution is -0.137. The summed E-state index contributed by atoms with van der Waals surface area (Å²) in [5.74, 6) is 0. The molecule has 3 N–H and O–H groups in total. The molecule has 0 atom stereocenters. The van der Waals surface area contributed by atoms with Gasteiger partial charge in [-0.2, -0.15) is 13.2 Å². The molecule has 0 unspecified atom stereocenters. The maximum atomic E-state index is 12.8. The molecule has 96 valence electrons. The van der Waals surface area contributed by atoms with Gasteiger partial charge in [0.15, 0.2) is 0 Å². The van der Waals surface area contributed by atoms with Gasteiger partial charge in [-0.1, -0.05) is 15.9 Å². The molecule has 0 bridgehead atoms. The Balaban J connectivity index is 3.17. The molecule has 1 aromatic rings. The van der Waals surface area contributed by atoms with Crippen molar-refractivity contribution < 1.29 is 13.2 Å². The number of nitrogens with two attached hydrogens (primary N) is 1. The smallest absolute Gasteiger partial charge is 0.378 e. The quantitative estimate of drug-likeness (QED) is 0.895. The van der Waals surface area contributed by atoms with Crippen molar-refractivity contribution >= 4 is 21.6 Å². The fraction of sp³-hybridized carbons (Fsp3) is 0.455. The summed E-state index contributed by atoms with van der Waals surface area (Å²) in [6.07, 6.45) is -4.38. The van der Waals surface area contributed by atoms with Crippen LogP contribution in [-0.4, -0.2) is 12.1 Å². The lowest BCUT2D eigenvalue weighted by Crippen LogP contribution is -2.39. The van der Waals surface area contributed by atoms with E-state index >= 15 is 0 Å². The van der Waals surface area contributed by atoms with Crippen LogP contribution in [0.2, 0.25) is 0 Å². The molecular weight excluding hydrogens is 297 g/mol. The molecular formula is C11H14BrF3N2. The molecule has 0 aromatic heterocycles. The summed E-state index contributed by atoms with van der Waals surface area (Å²) in [5, 5.41) is 2.81. The molecule has 1 aromatic carbocycles. The third kappa shape index (κ3) is 3.89. The van der Waals surface area contributed by atoms with Crippen LogP contribution < -0.4 is 11.1 Å². The number of hydrogen-bond acceptors (Lipinski definition) is 2. The lowest BCUT2D eigenvalue weighted by Gasteiger charge is -2.27. The molecule has 0 saturated carbocycles. The molecule has 2 nitrogen and oxygen atoms in total. The van der Waals surface area contributed by atoms with E-state index in [0.717, 1.165) is 6.07 Å². The molecule has 0 fully saturated rings. The Morgan fingerprint density at radius 2 is 1.88 bits per heavy atom. The van der Waals surface area contributed by atoms with E-state index in [-0.39, 0.29) is 12.2 Å². The number of halogens is 4. The largest absolute Gasteiger partial charge is 0.418 e. The van der Waals surface area contributed by atoms with E-state index in [2.05, 4.69) is 21.2 Å². The first-order valence-electron chi connectivity index (χ1n) is 5.01. The summed E-state index contributed by atoms with van der Waals surface area (Å²) < 4.78 is 38.9. The maximum absolute atomic E-state index is 12.8. The number of rotatable bonds is 3. The minimum absolute atomic E-state index is 0.0299. The zero-order chi connectivity index (χ0) is 13.3. The van der Waals surface area contributed by atoms with Gasteiger partial charge in [0.25, 0.3) is 0 Å². The first kappa shape index (κ1) is 14.3. The van der Waals surface area contributed by atoms with E-state index in [1.165, 1.54) is 12.1 Å². The van der Waals surface area contributed by atoms with Crippen LogP contribution in [0.1, 0.15) is 19.4 Å². The van der Waals surface area contributed by atoms with Crippen molar-refractivity contribution in [2.24, 2.45) is 5.73 Å². The molecule has 0 aliphatic carbocycles. The number of anilines is 1. The van der Waals surface area contributed by atoms with E-state index in [1.54, 1.807) is 13.8 Å². The number of hydrogen-bond donors (Lipinski definition) is 2. The molecule has 0 spiro atoms. The highest BCUT2D eigenvalue weighted by molar-refractivity contribution is 9.10. The van der Waals surface area contributed by atoms with Gasteiger partial charge in [-0.15, -0.1) is 0 Å². The Kier molecular flexibility index (Phi) is 4.09. The standard InChI is InChI=1S/C11H14BrF3N2/c1-10(2,6-16)17-9-5-7(12)3-4-8(9)11(13,14)15/h3-5,17H,6,16H2,1-2H3. The Hall–Kier alpha value is -0.750. The average molecular weight is 311 g/mol. The van der Waals surface area contributed by atoms with Crippen molar-refractivity contribution in [2.45, 2.75) is 25.6 Å². The van der Waals surface area contributed by atoms with Crippen molar-refractivity contribution in [1.29, 1.82) is 0 Å². The van der Waals surface area contributed by atoms with Gasteiger partial charge < -0.3 is 11.1 Å². The SMILES string of the molecule is CC(C)(CN)Nc1cc(Br)ccc1C(F)(F)F. The van der Waals surface area contributed by atoms with Gasteiger partial charge in [0.2, 0.25) is 0 Å². The lowest BCUT2D eigenvalue weighted by atomic mass is 10.0. The molecule has 0 saturated heterocycles. The highest BCUT2D eigenvalue weighted by Crippen LogP contribution is 2.37. The van der Waals surface area contributed by atoms with Crippen molar-refractivity contribution in [3.63, 3.8) is 0 Å². The fourth-order valence-corrected chi connectivity index (χ4v) is 1.64. The summed E-state index contributed by atoms with van der Waals surface area (Å²) in [6, 6.07) is 3.81. The minimum atomic E-state index is -4.38. The monoisotopic (exact) mass is 310 g/mol. The van der Waals surface area contributed by atoms with Gasteiger partial charge in [0, 0.05) is 22.2 Å². The summed E-state index contributed by atoms with van der Waals surface area (Å²) in [4.78, 5) is 0. The van der Waals surface area contributed by atoms with Crippen molar-refractivity contribution in [1.82, 2.24) is 0 Å². The molecule has 17 heavy (non-hydrogen) atoms. The zero-order valence-electron chi connectivity index (χ0n) is 9.53. The molecule has 0 heterocycles. The van der Waals surface area contributed by atoms with E-state index in [0.29, 0.717) is 4.47 Å². The van der Waals surface area contributed by atoms with Gasteiger partial charge in [-0.05, 0) is 32.0 Å². The highest BCUT2D eigenvalue weighted by Gasteiger charge is 2.34. The minimum Gasteiger partial charge on any atom is -0.378 e. The van der Waals surface area contributed by atoms with Gasteiger partial charge in [-0.3, -0.25) is 0 Å². The van der Waals surface area contributed by atoms with E-state index in [9.17, 15) is 13.2 Å².